The highest BCUT2D eigenvalue weighted by molar-refractivity contribution is 9.10. The number of nitrogens with one attached hydrogen (secondary N) is 1. The molecule has 0 unspecified atom stereocenters. The number of amides is 1. The lowest BCUT2D eigenvalue weighted by Crippen LogP contribution is -2.17. The smallest absolute Gasteiger partial charge is 0.228 e. The van der Waals surface area contributed by atoms with Crippen molar-refractivity contribution in [2.45, 2.75) is 6.42 Å². The van der Waals surface area contributed by atoms with Crippen molar-refractivity contribution in [2.75, 3.05) is 18.5 Å². The third-order valence-corrected chi connectivity index (χ3v) is 3.57. The van der Waals surface area contributed by atoms with Crippen LogP contribution in [0.15, 0.2) is 46.9 Å². The predicted molar refractivity (Wildman–Crippen MR) is 83.9 cm³/mol. The van der Waals surface area contributed by atoms with Crippen molar-refractivity contribution in [2.24, 2.45) is 0 Å². The maximum absolute atomic E-state index is 12.1. The van der Waals surface area contributed by atoms with Gasteiger partial charge in [-0.05, 0) is 29.8 Å². The Hall–Kier alpha value is -2.01. The van der Waals surface area contributed by atoms with Gasteiger partial charge in [-0.2, -0.15) is 0 Å². The van der Waals surface area contributed by atoms with Crippen LogP contribution in [0.4, 0.5) is 5.69 Å². The van der Waals surface area contributed by atoms with Crippen molar-refractivity contribution in [1.82, 2.24) is 0 Å². The van der Waals surface area contributed by atoms with Gasteiger partial charge in [-0.1, -0.05) is 28.1 Å². The highest BCUT2D eigenvalue weighted by Gasteiger charge is 2.13. The van der Waals surface area contributed by atoms with Gasteiger partial charge in [0.15, 0.2) is 11.5 Å². The van der Waals surface area contributed by atoms with E-state index >= 15 is 0 Å². The van der Waals surface area contributed by atoms with Crippen molar-refractivity contribution in [3.05, 3.63) is 52.5 Å². The van der Waals surface area contributed by atoms with Gasteiger partial charge in [-0.25, -0.2) is 0 Å². The number of ether oxygens (including phenoxy) is 2. The van der Waals surface area contributed by atoms with Crippen LogP contribution in [-0.2, 0) is 11.2 Å². The largest absolute Gasteiger partial charge is 0.486 e. The van der Waals surface area contributed by atoms with E-state index in [2.05, 4.69) is 21.2 Å². The first-order chi connectivity index (χ1) is 10.2. The monoisotopic (exact) mass is 347 g/mol. The zero-order chi connectivity index (χ0) is 14.7. The van der Waals surface area contributed by atoms with Gasteiger partial charge in [-0.15, -0.1) is 0 Å². The van der Waals surface area contributed by atoms with Crippen molar-refractivity contribution in [3.63, 3.8) is 0 Å². The average molecular weight is 348 g/mol. The maximum atomic E-state index is 12.1. The molecule has 1 aliphatic heterocycles. The number of carbonyl (C=O) groups excluding carboxylic acids is 1. The Morgan fingerprint density at radius 3 is 2.71 bits per heavy atom. The van der Waals surface area contributed by atoms with E-state index in [0.717, 1.165) is 10.0 Å². The summed E-state index contributed by atoms with van der Waals surface area (Å²) in [4.78, 5) is 12.1. The molecular weight excluding hydrogens is 334 g/mol. The van der Waals surface area contributed by atoms with Crippen LogP contribution in [-0.4, -0.2) is 19.1 Å². The molecule has 2 aromatic carbocycles. The molecule has 21 heavy (non-hydrogen) atoms. The zero-order valence-electron chi connectivity index (χ0n) is 11.3. The number of fused-ring (bicyclic) bond motifs is 1. The molecule has 3 rings (SSSR count). The van der Waals surface area contributed by atoms with Gasteiger partial charge < -0.3 is 14.8 Å². The highest BCUT2D eigenvalue weighted by Crippen LogP contribution is 2.32. The number of halogens is 1. The molecule has 0 spiro atoms. The average Bonchev–Trinajstić information content (AvgIpc) is 2.47. The summed E-state index contributed by atoms with van der Waals surface area (Å²) in [5.41, 5.74) is 1.67. The standard InChI is InChI=1S/C16H14BrNO3/c17-12-3-1-2-11(8-12)9-16(19)18-13-4-5-14-15(10-13)21-7-6-20-14/h1-5,8,10H,6-7,9H2,(H,18,19). The summed E-state index contributed by atoms with van der Waals surface area (Å²) in [6.45, 7) is 1.09. The number of benzene rings is 2. The number of carbonyl (C=O) groups is 1. The number of hydrogen-bond acceptors (Lipinski definition) is 3. The van der Waals surface area contributed by atoms with Crippen molar-refractivity contribution < 1.29 is 14.3 Å². The van der Waals surface area contributed by atoms with Crippen LogP contribution >= 0.6 is 15.9 Å². The van der Waals surface area contributed by atoms with Crippen LogP contribution in [0.3, 0.4) is 0 Å². The molecule has 1 aliphatic rings. The minimum Gasteiger partial charge on any atom is -0.486 e. The SMILES string of the molecule is O=C(Cc1cccc(Br)c1)Nc1ccc2c(c1)OCCO2. The zero-order valence-corrected chi connectivity index (χ0v) is 12.9. The molecule has 0 aliphatic carbocycles. The van der Waals surface area contributed by atoms with E-state index in [-0.39, 0.29) is 5.91 Å². The van der Waals surface area contributed by atoms with E-state index in [1.54, 1.807) is 6.07 Å². The first kappa shape index (κ1) is 13.9. The Morgan fingerprint density at radius 2 is 1.90 bits per heavy atom. The third kappa shape index (κ3) is 3.55. The fraction of sp³-hybridized carbons (Fsp3) is 0.188. The molecule has 0 bridgehead atoms. The Kier molecular flexibility index (Phi) is 4.10. The number of hydrogen-bond donors (Lipinski definition) is 1. The second-order valence-corrected chi connectivity index (χ2v) is 5.63. The van der Waals surface area contributed by atoms with E-state index in [0.29, 0.717) is 36.8 Å². The lowest BCUT2D eigenvalue weighted by Gasteiger charge is -2.19. The van der Waals surface area contributed by atoms with Gasteiger partial charge >= 0.3 is 0 Å². The van der Waals surface area contributed by atoms with Crippen LogP contribution in [0.1, 0.15) is 5.56 Å². The van der Waals surface area contributed by atoms with Crippen molar-refractivity contribution in [1.29, 1.82) is 0 Å². The molecule has 5 heteroatoms. The number of anilines is 1. The second-order valence-electron chi connectivity index (χ2n) is 4.71. The van der Waals surface area contributed by atoms with Gasteiger partial charge in [-0.3, -0.25) is 4.79 Å². The van der Waals surface area contributed by atoms with Crippen molar-refractivity contribution >= 4 is 27.5 Å². The molecule has 1 N–H and O–H groups in total. The van der Waals surface area contributed by atoms with E-state index < -0.39 is 0 Å². The fourth-order valence-corrected chi connectivity index (χ4v) is 2.61. The summed E-state index contributed by atoms with van der Waals surface area (Å²) in [6, 6.07) is 13.1. The topological polar surface area (TPSA) is 47.6 Å². The number of rotatable bonds is 3. The molecule has 0 fully saturated rings. The molecule has 1 heterocycles. The second kappa shape index (κ2) is 6.18. The molecule has 2 aromatic rings. The van der Waals surface area contributed by atoms with Gasteiger partial charge in [0.2, 0.25) is 5.91 Å². The molecule has 4 nitrogen and oxygen atoms in total. The molecule has 1 amide bonds. The van der Waals surface area contributed by atoms with Gasteiger partial charge in [0, 0.05) is 16.2 Å². The first-order valence-electron chi connectivity index (χ1n) is 6.65. The third-order valence-electron chi connectivity index (χ3n) is 3.08. The van der Waals surface area contributed by atoms with E-state index in [1.807, 2.05) is 36.4 Å². The summed E-state index contributed by atoms with van der Waals surface area (Å²) >= 11 is 3.40. The normalized spacial score (nSPS) is 12.8. The summed E-state index contributed by atoms with van der Waals surface area (Å²) in [5.74, 6) is 1.32. The maximum Gasteiger partial charge on any atom is 0.228 e. The predicted octanol–water partition coefficient (Wildman–Crippen LogP) is 3.40. The summed E-state index contributed by atoms with van der Waals surface area (Å²) < 4.78 is 11.9. The van der Waals surface area contributed by atoms with Crippen LogP contribution in [0.2, 0.25) is 0 Å². The Bertz CT molecular complexity index is 672. The molecule has 0 radical (unpaired) electrons. The van der Waals surface area contributed by atoms with Crippen LogP contribution in [0, 0.1) is 0 Å². The molecular formula is C16H14BrNO3. The van der Waals surface area contributed by atoms with Gasteiger partial charge in [0.25, 0.3) is 0 Å². The van der Waals surface area contributed by atoms with Gasteiger partial charge in [0.05, 0.1) is 6.42 Å². The molecule has 0 saturated heterocycles. The van der Waals surface area contributed by atoms with Crippen molar-refractivity contribution in [3.8, 4) is 11.5 Å². The Labute approximate surface area is 131 Å². The minimum absolute atomic E-state index is 0.0650. The highest BCUT2D eigenvalue weighted by atomic mass is 79.9. The lowest BCUT2D eigenvalue weighted by molar-refractivity contribution is -0.115. The van der Waals surface area contributed by atoms with Crippen LogP contribution in [0.25, 0.3) is 0 Å². The quantitative estimate of drug-likeness (QED) is 0.925. The Morgan fingerprint density at radius 1 is 1.10 bits per heavy atom. The van der Waals surface area contributed by atoms with Crippen LogP contribution in [0.5, 0.6) is 11.5 Å². The summed E-state index contributed by atoms with van der Waals surface area (Å²) in [7, 11) is 0. The summed E-state index contributed by atoms with van der Waals surface area (Å²) in [5, 5.41) is 2.87. The van der Waals surface area contributed by atoms with Gasteiger partial charge in [0.1, 0.15) is 13.2 Å². The van der Waals surface area contributed by atoms with Crippen LogP contribution < -0.4 is 14.8 Å². The molecule has 108 valence electrons. The molecule has 0 saturated carbocycles. The molecule has 0 atom stereocenters. The van der Waals surface area contributed by atoms with E-state index in [1.165, 1.54) is 0 Å². The van der Waals surface area contributed by atoms with E-state index in [9.17, 15) is 4.79 Å². The fourth-order valence-electron chi connectivity index (χ4n) is 2.16. The minimum atomic E-state index is -0.0650. The molecule has 0 aromatic heterocycles. The summed E-state index contributed by atoms with van der Waals surface area (Å²) in [6.07, 6.45) is 0.327. The van der Waals surface area contributed by atoms with E-state index in [4.69, 9.17) is 9.47 Å². The Balaban J connectivity index is 1.67. The lowest BCUT2D eigenvalue weighted by atomic mass is 10.1. The first-order valence-corrected chi connectivity index (χ1v) is 7.44.